The van der Waals surface area contributed by atoms with E-state index >= 15 is 0 Å². The summed E-state index contributed by atoms with van der Waals surface area (Å²) in [5.41, 5.74) is 6.76. The van der Waals surface area contributed by atoms with E-state index in [0.717, 1.165) is 25.1 Å². The van der Waals surface area contributed by atoms with Crippen molar-refractivity contribution in [2.45, 2.75) is 32.4 Å². The summed E-state index contributed by atoms with van der Waals surface area (Å²) in [6, 6.07) is 7.10. The van der Waals surface area contributed by atoms with Crippen molar-refractivity contribution < 1.29 is 9.66 Å². The smallest absolute Gasteiger partial charge is 0.266 e. The Morgan fingerprint density at radius 3 is 2.83 bits per heavy atom. The maximum Gasteiger partial charge on any atom is 0.266 e. The van der Waals surface area contributed by atoms with E-state index in [-0.39, 0.29) is 5.84 Å². The molecule has 7 heteroatoms. The van der Waals surface area contributed by atoms with Crippen LogP contribution in [-0.2, 0) is 6.54 Å². The third-order valence-corrected chi connectivity index (χ3v) is 3.26. The maximum atomic E-state index is 10.5. The molecule has 0 radical (unpaired) electrons. The number of nitrogens with two attached hydrogens (primary N) is 1. The Balaban J connectivity index is 2.27. The quantitative estimate of drug-likeness (QED) is 0.233. The van der Waals surface area contributed by atoms with Gasteiger partial charge >= 0.3 is 0 Å². The molecule has 7 nitrogen and oxygen atoms in total. The van der Waals surface area contributed by atoms with Gasteiger partial charge in [-0.2, -0.15) is 0 Å². The lowest BCUT2D eigenvalue weighted by Gasteiger charge is -2.11. The maximum absolute atomic E-state index is 10.5. The fourth-order valence-electron chi connectivity index (χ4n) is 1.95. The fourth-order valence-corrected chi connectivity index (χ4v) is 1.95. The summed E-state index contributed by atoms with van der Waals surface area (Å²) in [6.45, 7) is 3.38. The van der Waals surface area contributed by atoms with Crippen molar-refractivity contribution in [2.24, 2.45) is 10.7 Å². The van der Waals surface area contributed by atoms with Crippen LogP contribution in [-0.4, -0.2) is 48.9 Å². The number of nitro groups is 1. The summed E-state index contributed by atoms with van der Waals surface area (Å²) in [5, 5.41) is 10.5. The molecular formula is C16H26N4O3. The normalized spacial score (nSPS) is 13.1. The molecule has 0 amide bonds. The van der Waals surface area contributed by atoms with Crippen LogP contribution >= 0.6 is 0 Å². The average molecular weight is 322 g/mol. The Bertz CT molecular complexity index is 532. The van der Waals surface area contributed by atoms with Gasteiger partial charge in [0.2, 0.25) is 0 Å². The van der Waals surface area contributed by atoms with Gasteiger partial charge in [0.25, 0.3) is 6.04 Å². The van der Waals surface area contributed by atoms with Crippen LogP contribution in [0.1, 0.15) is 25.3 Å². The molecule has 0 spiro atoms. The largest absolute Gasteiger partial charge is 0.494 e. The zero-order chi connectivity index (χ0) is 17.2. The first-order valence-electron chi connectivity index (χ1n) is 7.70. The summed E-state index contributed by atoms with van der Waals surface area (Å²) in [4.78, 5) is 16.2. The fraction of sp³-hybridized carbons (Fsp3) is 0.562. The van der Waals surface area contributed by atoms with Gasteiger partial charge in [0.15, 0.2) is 5.84 Å². The zero-order valence-electron chi connectivity index (χ0n) is 14.1. The number of aliphatic imine (C=N–C) groups is 1. The standard InChI is InChI=1S/C16H26N4O3/c1-13(20(21)22)16(17)18-9-4-5-10-23-15-8-6-7-14(11-15)12-19(2)3/h6-8,11,13H,4-5,9-10,12H2,1-3H3,(H2,17,18). The second-order valence-corrected chi connectivity index (χ2v) is 5.71. The number of hydrogen-bond donors (Lipinski definition) is 1. The molecule has 1 atom stereocenters. The minimum atomic E-state index is -0.925. The lowest BCUT2D eigenvalue weighted by molar-refractivity contribution is -0.498. The molecule has 128 valence electrons. The van der Waals surface area contributed by atoms with Gasteiger partial charge in [-0.3, -0.25) is 15.1 Å². The number of hydrogen-bond acceptors (Lipinski definition) is 5. The zero-order valence-corrected chi connectivity index (χ0v) is 14.1. The molecule has 0 aliphatic carbocycles. The van der Waals surface area contributed by atoms with Crippen LogP contribution in [0.2, 0.25) is 0 Å². The SMILES string of the molecule is CC(C(N)=NCCCCOc1cccc(CN(C)C)c1)[N+](=O)[O-]. The number of ether oxygens (including phenoxy) is 1. The molecule has 1 unspecified atom stereocenters. The molecule has 1 aromatic rings. The van der Waals surface area contributed by atoms with Crippen LogP contribution in [0, 0.1) is 10.1 Å². The first-order valence-corrected chi connectivity index (χ1v) is 7.70. The highest BCUT2D eigenvalue weighted by molar-refractivity contribution is 5.84. The highest BCUT2D eigenvalue weighted by atomic mass is 16.6. The third kappa shape index (κ3) is 7.60. The molecule has 0 aromatic heterocycles. The molecule has 0 heterocycles. The highest BCUT2D eigenvalue weighted by Gasteiger charge is 2.16. The number of rotatable bonds is 10. The van der Waals surface area contributed by atoms with Crippen LogP contribution < -0.4 is 10.5 Å². The van der Waals surface area contributed by atoms with Crippen molar-refractivity contribution >= 4 is 5.84 Å². The van der Waals surface area contributed by atoms with E-state index in [4.69, 9.17) is 10.5 Å². The number of benzene rings is 1. The van der Waals surface area contributed by atoms with Crippen molar-refractivity contribution in [3.8, 4) is 5.75 Å². The summed E-state index contributed by atoms with van der Waals surface area (Å²) >= 11 is 0. The molecule has 0 aliphatic heterocycles. The molecule has 0 aliphatic rings. The summed E-state index contributed by atoms with van der Waals surface area (Å²) in [7, 11) is 4.05. The molecule has 0 saturated carbocycles. The highest BCUT2D eigenvalue weighted by Crippen LogP contribution is 2.14. The van der Waals surface area contributed by atoms with E-state index in [2.05, 4.69) is 16.0 Å². The van der Waals surface area contributed by atoms with Crippen LogP contribution in [0.4, 0.5) is 0 Å². The van der Waals surface area contributed by atoms with Gasteiger partial charge < -0.3 is 15.4 Å². The van der Waals surface area contributed by atoms with Gasteiger partial charge in [0.1, 0.15) is 5.75 Å². The summed E-state index contributed by atoms with van der Waals surface area (Å²) in [6.07, 6.45) is 1.60. The number of nitrogens with zero attached hydrogens (tertiary/aromatic N) is 3. The van der Waals surface area contributed by atoms with E-state index in [1.54, 1.807) is 0 Å². The van der Waals surface area contributed by atoms with Gasteiger partial charge in [0.05, 0.1) is 6.61 Å². The Kier molecular flexibility index (Phi) is 8.04. The Labute approximate surface area is 137 Å². The monoisotopic (exact) mass is 322 g/mol. The Hall–Kier alpha value is -2.15. The second-order valence-electron chi connectivity index (χ2n) is 5.71. The van der Waals surface area contributed by atoms with Gasteiger partial charge in [-0.25, -0.2) is 0 Å². The van der Waals surface area contributed by atoms with E-state index < -0.39 is 11.0 Å². The van der Waals surface area contributed by atoms with E-state index in [1.165, 1.54) is 12.5 Å². The lowest BCUT2D eigenvalue weighted by Crippen LogP contribution is -2.33. The van der Waals surface area contributed by atoms with Gasteiger partial charge in [-0.05, 0) is 44.6 Å². The molecule has 0 bridgehead atoms. The molecule has 23 heavy (non-hydrogen) atoms. The minimum absolute atomic E-state index is 0.0762. The van der Waals surface area contributed by atoms with Crippen molar-refractivity contribution in [3.63, 3.8) is 0 Å². The van der Waals surface area contributed by atoms with Crippen LogP contribution in [0.3, 0.4) is 0 Å². The minimum Gasteiger partial charge on any atom is -0.494 e. The summed E-state index contributed by atoms with van der Waals surface area (Å²) in [5.74, 6) is 0.932. The number of amidine groups is 1. The Morgan fingerprint density at radius 1 is 1.43 bits per heavy atom. The second kappa shape index (κ2) is 9.78. The lowest BCUT2D eigenvalue weighted by atomic mass is 10.2. The first kappa shape index (κ1) is 18.9. The van der Waals surface area contributed by atoms with Gasteiger partial charge in [0, 0.05) is 24.9 Å². The first-order chi connectivity index (χ1) is 10.9. The van der Waals surface area contributed by atoms with E-state index in [9.17, 15) is 10.1 Å². The van der Waals surface area contributed by atoms with Crippen molar-refractivity contribution in [1.29, 1.82) is 0 Å². The summed E-state index contributed by atoms with van der Waals surface area (Å²) < 4.78 is 5.71. The predicted molar refractivity (Wildman–Crippen MR) is 91.5 cm³/mol. The van der Waals surface area contributed by atoms with Crippen LogP contribution in [0.15, 0.2) is 29.3 Å². The predicted octanol–water partition coefficient (Wildman–Crippen LogP) is 1.93. The molecule has 0 saturated heterocycles. The topological polar surface area (TPSA) is 94.0 Å². The van der Waals surface area contributed by atoms with Crippen LogP contribution in [0.25, 0.3) is 0 Å². The van der Waals surface area contributed by atoms with Crippen molar-refractivity contribution in [2.75, 3.05) is 27.2 Å². The average Bonchev–Trinajstić information content (AvgIpc) is 2.49. The third-order valence-electron chi connectivity index (χ3n) is 3.26. The van der Waals surface area contributed by atoms with Gasteiger partial charge in [-0.1, -0.05) is 12.1 Å². The molecular weight excluding hydrogens is 296 g/mol. The molecule has 2 N–H and O–H groups in total. The van der Waals surface area contributed by atoms with Crippen molar-refractivity contribution in [1.82, 2.24) is 4.90 Å². The van der Waals surface area contributed by atoms with E-state index in [1.807, 2.05) is 32.3 Å². The van der Waals surface area contributed by atoms with Crippen LogP contribution in [0.5, 0.6) is 5.75 Å². The molecule has 1 aromatic carbocycles. The van der Waals surface area contributed by atoms with Gasteiger partial charge in [-0.15, -0.1) is 0 Å². The van der Waals surface area contributed by atoms with E-state index in [0.29, 0.717) is 13.2 Å². The Morgan fingerprint density at radius 2 is 2.17 bits per heavy atom. The van der Waals surface area contributed by atoms with Crippen molar-refractivity contribution in [3.05, 3.63) is 39.9 Å². The molecule has 1 rings (SSSR count). The molecule has 0 fully saturated rings. The number of unbranched alkanes of at least 4 members (excludes halogenated alkanes) is 1.